The van der Waals surface area contributed by atoms with Gasteiger partial charge in [0.25, 0.3) is 0 Å². The van der Waals surface area contributed by atoms with Crippen LogP contribution in [0.1, 0.15) is 15.4 Å². The molecule has 0 unspecified atom stereocenters. The van der Waals surface area contributed by atoms with Gasteiger partial charge in [-0.15, -0.1) is 11.3 Å². The third kappa shape index (κ3) is 2.77. The van der Waals surface area contributed by atoms with Crippen LogP contribution in [0.2, 0.25) is 0 Å². The monoisotopic (exact) mass is 284 g/mol. The van der Waals surface area contributed by atoms with E-state index in [-0.39, 0.29) is 0 Å². The fourth-order valence-corrected chi connectivity index (χ4v) is 2.90. The van der Waals surface area contributed by atoms with Gasteiger partial charge < -0.3 is 5.32 Å². The zero-order valence-corrected chi connectivity index (χ0v) is 12.4. The van der Waals surface area contributed by atoms with Gasteiger partial charge in [0.1, 0.15) is 12.1 Å². The number of aryl methyl sites for hydroxylation is 2. The van der Waals surface area contributed by atoms with Crippen LogP contribution in [-0.4, -0.2) is 21.5 Å². The zero-order valence-electron chi connectivity index (χ0n) is 11.6. The van der Waals surface area contributed by atoms with Crippen molar-refractivity contribution in [2.24, 2.45) is 0 Å². The number of anilines is 1. The molecule has 102 valence electrons. The molecule has 2 aromatic heterocycles. The molecule has 1 aromatic carbocycles. The number of aromatic nitrogens is 3. The first-order chi connectivity index (χ1) is 9.72. The van der Waals surface area contributed by atoms with E-state index in [0.29, 0.717) is 0 Å². The van der Waals surface area contributed by atoms with Gasteiger partial charge in [0.05, 0.1) is 10.5 Å². The molecule has 0 spiro atoms. The Bertz CT molecular complexity index is 736. The lowest BCUT2D eigenvalue weighted by Crippen LogP contribution is -2.07. The highest BCUT2D eigenvalue weighted by atomic mass is 32.1. The molecule has 0 aliphatic carbocycles. The summed E-state index contributed by atoms with van der Waals surface area (Å²) in [5.41, 5.74) is 2.18. The summed E-state index contributed by atoms with van der Waals surface area (Å²) in [6, 6.07) is 6.21. The van der Waals surface area contributed by atoms with Gasteiger partial charge in [0.2, 0.25) is 0 Å². The Morgan fingerprint density at radius 1 is 1.15 bits per heavy atom. The van der Waals surface area contributed by atoms with Crippen LogP contribution in [0.4, 0.5) is 5.82 Å². The molecule has 4 nitrogen and oxygen atoms in total. The Morgan fingerprint density at radius 2 is 2.05 bits per heavy atom. The van der Waals surface area contributed by atoms with Crippen molar-refractivity contribution in [2.45, 2.75) is 20.3 Å². The molecule has 3 aromatic rings. The molecular formula is C15H16N4S. The number of fused-ring (bicyclic) bond motifs is 1. The number of hydrogen-bond donors (Lipinski definition) is 1. The molecule has 5 heteroatoms. The molecule has 0 saturated carbocycles. The van der Waals surface area contributed by atoms with Gasteiger partial charge in [-0.05, 0) is 26.0 Å². The Morgan fingerprint density at radius 3 is 2.85 bits per heavy atom. The zero-order chi connectivity index (χ0) is 13.9. The molecule has 0 amide bonds. The number of hydrogen-bond acceptors (Lipinski definition) is 5. The topological polar surface area (TPSA) is 50.7 Å². The highest BCUT2D eigenvalue weighted by Gasteiger charge is 2.04. The quantitative estimate of drug-likeness (QED) is 0.798. The lowest BCUT2D eigenvalue weighted by atomic mass is 10.1. The van der Waals surface area contributed by atoms with Crippen LogP contribution >= 0.6 is 11.3 Å². The second kappa shape index (κ2) is 5.54. The van der Waals surface area contributed by atoms with Crippen LogP contribution < -0.4 is 5.32 Å². The van der Waals surface area contributed by atoms with Crippen molar-refractivity contribution in [3.05, 3.63) is 46.2 Å². The summed E-state index contributed by atoms with van der Waals surface area (Å²) >= 11 is 1.75. The first kappa shape index (κ1) is 13.0. The van der Waals surface area contributed by atoms with E-state index in [9.17, 15) is 0 Å². The summed E-state index contributed by atoms with van der Waals surface area (Å²) in [6.07, 6.45) is 4.44. The van der Waals surface area contributed by atoms with Crippen molar-refractivity contribution < 1.29 is 0 Å². The smallest absolute Gasteiger partial charge is 0.137 e. The van der Waals surface area contributed by atoms with Crippen molar-refractivity contribution in [2.75, 3.05) is 11.9 Å². The number of benzene rings is 1. The van der Waals surface area contributed by atoms with Crippen molar-refractivity contribution in [1.29, 1.82) is 0 Å². The fourth-order valence-electron chi connectivity index (χ4n) is 2.12. The van der Waals surface area contributed by atoms with Gasteiger partial charge >= 0.3 is 0 Å². The van der Waals surface area contributed by atoms with Crippen LogP contribution in [0, 0.1) is 13.8 Å². The van der Waals surface area contributed by atoms with E-state index in [0.717, 1.165) is 34.7 Å². The van der Waals surface area contributed by atoms with Crippen LogP contribution in [0.5, 0.6) is 0 Å². The molecule has 0 bridgehead atoms. The van der Waals surface area contributed by atoms with Crippen molar-refractivity contribution in [3.63, 3.8) is 0 Å². The molecule has 0 saturated heterocycles. The van der Waals surface area contributed by atoms with Gasteiger partial charge in [0, 0.05) is 29.4 Å². The third-order valence-electron chi connectivity index (χ3n) is 3.09. The number of thiazole rings is 1. The average molecular weight is 284 g/mol. The lowest BCUT2D eigenvalue weighted by Gasteiger charge is -2.07. The second-order valence-electron chi connectivity index (χ2n) is 4.78. The molecule has 2 heterocycles. The van der Waals surface area contributed by atoms with E-state index >= 15 is 0 Å². The fraction of sp³-hybridized carbons (Fsp3) is 0.267. The number of nitrogens with zero attached hydrogens (tertiary/aromatic N) is 3. The summed E-state index contributed by atoms with van der Waals surface area (Å²) < 4.78 is 0. The van der Waals surface area contributed by atoms with E-state index in [1.165, 1.54) is 10.4 Å². The maximum atomic E-state index is 4.37. The van der Waals surface area contributed by atoms with E-state index in [1.54, 1.807) is 17.7 Å². The maximum absolute atomic E-state index is 4.37. The van der Waals surface area contributed by atoms with Gasteiger partial charge in [0.15, 0.2) is 0 Å². The Balaban J connectivity index is 1.75. The summed E-state index contributed by atoms with van der Waals surface area (Å²) in [7, 11) is 0. The molecule has 0 aliphatic heterocycles. The Labute approximate surface area is 121 Å². The van der Waals surface area contributed by atoms with E-state index in [1.807, 2.05) is 12.3 Å². The van der Waals surface area contributed by atoms with Gasteiger partial charge in [-0.2, -0.15) is 0 Å². The predicted octanol–water partition coefficient (Wildman–Crippen LogP) is 3.36. The van der Waals surface area contributed by atoms with Gasteiger partial charge in [-0.3, -0.25) is 0 Å². The second-order valence-corrected chi connectivity index (χ2v) is 6.10. The Kier molecular flexibility index (Phi) is 3.60. The highest BCUT2D eigenvalue weighted by Crippen LogP contribution is 2.20. The predicted molar refractivity (Wildman–Crippen MR) is 83.3 cm³/mol. The standard InChI is InChI=1S/C15H16N4S/c1-10-3-4-13-12(7-10)15(19-9-18-13)16-6-5-14-17-8-11(2)20-14/h3-4,7-9H,5-6H2,1-2H3,(H,16,18,19). The van der Waals surface area contributed by atoms with Crippen LogP contribution in [0.25, 0.3) is 10.9 Å². The first-order valence-electron chi connectivity index (χ1n) is 6.59. The van der Waals surface area contributed by atoms with E-state index < -0.39 is 0 Å². The molecule has 1 N–H and O–H groups in total. The summed E-state index contributed by atoms with van der Waals surface area (Å²) in [5.74, 6) is 0.895. The van der Waals surface area contributed by atoms with E-state index in [4.69, 9.17) is 0 Å². The van der Waals surface area contributed by atoms with E-state index in [2.05, 4.69) is 46.2 Å². The lowest BCUT2D eigenvalue weighted by molar-refractivity contribution is 0.987. The average Bonchev–Trinajstić information content (AvgIpc) is 2.85. The largest absolute Gasteiger partial charge is 0.369 e. The Hall–Kier alpha value is -2.01. The normalized spacial score (nSPS) is 10.9. The molecule has 0 atom stereocenters. The van der Waals surface area contributed by atoms with Crippen molar-refractivity contribution in [3.8, 4) is 0 Å². The van der Waals surface area contributed by atoms with Crippen molar-refractivity contribution >= 4 is 28.1 Å². The minimum absolute atomic E-state index is 0.826. The molecule has 0 aliphatic rings. The van der Waals surface area contributed by atoms with Gasteiger partial charge in [-0.25, -0.2) is 15.0 Å². The minimum atomic E-state index is 0.826. The summed E-state index contributed by atoms with van der Waals surface area (Å²) in [6.45, 7) is 4.98. The van der Waals surface area contributed by atoms with Crippen molar-refractivity contribution in [1.82, 2.24) is 15.0 Å². The maximum Gasteiger partial charge on any atom is 0.137 e. The summed E-state index contributed by atoms with van der Waals surface area (Å²) in [5, 5.41) is 5.62. The summed E-state index contributed by atoms with van der Waals surface area (Å²) in [4.78, 5) is 14.3. The SMILES string of the molecule is Cc1ccc2ncnc(NCCc3ncc(C)s3)c2c1. The number of rotatable bonds is 4. The molecule has 3 rings (SSSR count). The molecular weight excluding hydrogens is 268 g/mol. The molecule has 0 radical (unpaired) electrons. The van der Waals surface area contributed by atoms with Gasteiger partial charge in [-0.1, -0.05) is 11.6 Å². The molecule has 20 heavy (non-hydrogen) atoms. The van der Waals surface area contributed by atoms with Crippen LogP contribution in [-0.2, 0) is 6.42 Å². The van der Waals surface area contributed by atoms with Crippen LogP contribution in [0.3, 0.4) is 0 Å². The molecule has 0 fully saturated rings. The number of nitrogens with one attached hydrogen (secondary N) is 1. The minimum Gasteiger partial charge on any atom is -0.369 e. The highest BCUT2D eigenvalue weighted by molar-refractivity contribution is 7.11. The van der Waals surface area contributed by atoms with Crippen LogP contribution in [0.15, 0.2) is 30.7 Å². The first-order valence-corrected chi connectivity index (χ1v) is 7.40. The third-order valence-corrected chi connectivity index (χ3v) is 4.06.